The Morgan fingerprint density at radius 2 is 1.83 bits per heavy atom. The van der Waals surface area contributed by atoms with E-state index in [0.717, 1.165) is 23.2 Å². The Morgan fingerprint density at radius 1 is 1.00 bits per heavy atom. The summed E-state index contributed by atoms with van der Waals surface area (Å²) in [5.41, 5.74) is 3.60. The standard InChI is InChI=1S/C19H17N3O/c1-2-14-10-12-21-18(13-14)22-19(23)16-8-6-15(7-9-16)17-5-3-4-11-20-17/h3-13H,2H2,1H3,(H,21,22,23). The predicted octanol–water partition coefficient (Wildman–Crippen LogP) is 3.96. The number of rotatable bonds is 4. The summed E-state index contributed by atoms with van der Waals surface area (Å²) in [4.78, 5) is 20.8. The number of hydrogen-bond acceptors (Lipinski definition) is 3. The molecular weight excluding hydrogens is 286 g/mol. The van der Waals surface area contributed by atoms with Crippen molar-refractivity contribution in [2.75, 3.05) is 5.32 Å². The molecule has 0 aliphatic carbocycles. The zero-order valence-corrected chi connectivity index (χ0v) is 12.9. The summed E-state index contributed by atoms with van der Waals surface area (Å²) in [6.07, 6.45) is 4.37. The lowest BCUT2D eigenvalue weighted by Crippen LogP contribution is -2.13. The number of nitrogens with zero attached hydrogens (tertiary/aromatic N) is 2. The highest BCUT2D eigenvalue weighted by molar-refractivity contribution is 6.04. The third-order valence-electron chi connectivity index (χ3n) is 3.58. The summed E-state index contributed by atoms with van der Waals surface area (Å²) < 4.78 is 0. The van der Waals surface area contributed by atoms with Gasteiger partial charge in [0.05, 0.1) is 5.69 Å². The Kier molecular flexibility index (Phi) is 4.43. The Labute approximate surface area is 135 Å². The van der Waals surface area contributed by atoms with Crippen LogP contribution in [0.5, 0.6) is 0 Å². The largest absolute Gasteiger partial charge is 0.307 e. The van der Waals surface area contributed by atoms with Gasteiger partial charge in [-0.05, 0) is 48.4 Å². The van der Waals surface area contributed by atoms with Gasteiger partial charge in [-0.15, -0.1) is 0 Å². The lowest BCUT2D eigenvalue weighted by Gasteiger charge is -2.06. The molecule has 0 fully saturated rings. The van der Waals surface area contributed by atoms with Crippen LogP contribution in [-0.2, 0) is 6.42 Å². The molecule has 1 N–H and O–H groups in total. The van der Waals surface area contributed by atoms with Crippen LogP contribution < -0.4 is 5.32 Å². The normalized spacial score (nSPS) is 10.3. The number of aryl methyl sites for hydroxylation is 1. The van der Waals surface area contributed by atoms with Gasteiger partial charge in [0.15, 0.2) is 0 Å². The van der Waals surface area contributed by atoms with E-state index in [0.29, 0.717) is 11.4 Å². The highest BCUT2D eigenvalue weighted by Crippen LogP contribution is 2.17. The van der Waals surface area contributed by atoms with Crippen LogP contribution in [0.3, 0.4) is 0 Å². The average molecular weight is 303 g/mol. The molecule has 0 saturated heterocycles. The molecule has 0 saturated carbocycles. The van der Waals surface area contributed by atoms with E-state index in [1.165, 1.54) is 0 Å². The number of carbonyl (C=O) groups excluding carboxylic acids is 1. The van der Waals surface area contributed by atoms with E-state index >= 15 is 0 Å². The number of amides is 1. The zero-order chi connectivity index (χ0) is 16.1. The second kappa shape index (κ2) is 6.83. The summed E-state index contributed by atoms with van der Waals surface area (Å²) in [6.45, 7) is 2.07. The van der Waals surface area contributed by atoms with E-state index in [4.69, 9.17) is 0 Å². The molecule has 0 aliphatic rings. The van der Waals surface area contributed by atoms with Gasteiger partial charge in [0.2, 0.25) is 0 Å². The fraction of sp³-hybridized carbons (Fsp3) is 0.105. The minimum Gasteiger partial charge on any atom is -0.307 e. The van der Waals surface area contributed by atoms with Crippen LogP contribution >= 0.6 is 0 Å². The number of benzene rings is 1. The fourth-order valence-electron chi connectivity index (χ4n) is 2.28. The Bertz CT molecular complexity index is 798. The van der Waals surface area contributed by atoms with E-state index in [1.54, 1.807) is 24.5 Å². The van der Waals surface area contributed by atoms with Crippen LogP contribution in [0.25, 0.3) is 11.3 Å². The van der Waals surface area contributed by atoms with Crippen molar-refractivity contribution >= 4 is 11.7 Å². The topological polar surface area (TPSA) is 54.9 Å². The van der Waals surface area contributed by atoms with Crippen molar-refractivity contribution in [2.24, 2.45) is 0 Å². The number of pyridine rings is 2. The molecule has 1 aromatic carbocycles. The Morgan fingerprint density at radius 3 is 2.52 bits per heavy atom. The van der Waals surface area contributed by atoms with Gasteiger partial charge in [0.25, 0.3) is 5.91 Å². The first kappa shape index (κ1) is 14.9. The molecule has 23 heavy (non-hydrogen) atoms. The monoisotopic (exact) mass is 303 g/mol. The molecule has 4 nitrogen and oxygen atoms in total. The van der Waals surface area contributed by atoms with Crippen LogP contribution in [0.15, 0.2) is 67.0 Å². The molecule has 2 heterocycles. The SMILES string of the molecule is CCc1ccnc(NC(=O)c2ccc(-c3ccccn3)cc2)c1. The van der Waals surface area contributed by atoms with E-state index in [1.807, 2.05) is 42.5 Å². The molecule has 114 valence electrons. The fourth-order valence-corrected chi connectivity index (χ4v) is 2.28. The van der Waals surface area contributed by atoms with Crippen LogP contribution in [0.4, 0.5) is 5.82 Å². The third kappa shape index (κ3) is 3.61. The van der Waals surface area contributed by atoms with Crippen molar-refractivity contribution in [1.29, 1.82) is 0 Å². The smallest absolute Gasteiger partial charge is 0.256 e. The zero-order valence-electron chi connectivity index (χ0n) is 12.9. The van der Waals surface area contributed by atoms with Gasteiger partial charge in [-0.3, -0.25) is 9.78 Å². The molecule has 1 amide bonds. The first-order valence-electron chi connectivity index (χ1n) is 7.54. The average Bonchev–Trinajstić information content (AvgIpc) is 2.63. The highest BCUT2D eigenvalue weighted by Gasteiger charge is 2.08. The maximum atomic E-state index is 12.3. The van der Waals surface area contributed by atoms with Gasteiger partial charge in [-0.2, -0.15) is 0 Å². The maximum Gasteiger partial charge on any atom is 0.256 e. The van der Waals surface area contributed by atoms with Crippen molar-refractivity contribution in [3.63, 3.8) is 0 Å². The van der Waals surface area contributed by atoms with Gasteiger partial charge in [-0.1, -0.05) is 25.1 Å². The summed E-state index contributed by atoms with van der Waals surface area (Å²) in [5.74, 6) is 0.404. The number of nitrogens with one attached hydrogen (secondary N) is 1. The Hall–Kier alpha value is -3.01. The molecule has 2 aromatic heterocycles. The molecule has 0 bridgehead atoms. The summed E-state index contributed by atoms with van der Waals surface area (Å²) in [5, 5.41) is 2.83. The molecule has 0 spiro atoms. The quantitative estimate of drug-likeness (QED) is 0.793. The summed E-state index contributed by atoms with van der Waals surface area (Å²) in [6, 6.07) is 17.0. The molecule has 0 aliphatic heterocycles. The number of aromatic nitrogens is 2. The second-order valence-electron chi connectivity index (χ2n) is 5.15. The van der Waals surface area contributed by atoms with Gasteiger partial charge < -0.3 is 5.32 Å². The van der Waals surface area contributed by atoms with Gasteiger partial charge in [0.1, 0.15) is 5.82 Å². The third-order valence-corrected chi connectivity index (χ3v) is 3.58. The lowest BCUT2D eigenvalue weighted by atomic mass is 10.1. The van der Waals surface area contributed by atoms with Gasteiger partial charge in [-0.25, -0.2) is 4.98 Å². The number of anilines is 1. The van der Waals surface area contributed by atoms with Crippen LogP contribution in [0, 0.1) is 0 Å². The molecule has 0 radical (unpaired) electrons. The molecule has 3 rings (SSSR count). The highest BCUT2D eigenvalue weighted by atomic mass is 16.1. The van der Waals surface area contributed by atoms with Crippen molar-refractivity contribution in [3.05, 3.63) is 78.1 Å². The van der Waals surface area contributed by atoms with E-state index < -0.39 is 0 Å². The number of hydrogen-bond donors (Lipinski definition) is 1. The van der Waals surface area contributed by atoms with Crippen molar-refractivity contribution in [3.8, 4) is 11.3 Å². The minimum atomic E-state index is -0.168. The van der Waals surface area contributed by atoms with Crippen LogP contribution in [0.1, 0.15) is 22.8 Å². The molecule has 0 unspecified atom stereocenters. The van der Waals surface area contributed by atoms with Crippen LogP contribution in [-0.4, -0.2) is 15.9 Å². The summed E-state index contributed by atoms with van der Waals surface area (Å²) in [7, 11) is 0. The minimum absolute atomic E-state index is 0.168. The number of carbonyl (C=O) groups is 1. The second-order valence-corrected chi connectivity index (χ2v) is 5.15. The summed E-state index contributed by atoms with van der Waals surface area (Å²) >= 11 is 0. The van der Waals surface area contributed by atoms with Crippen LogP contribution in [0.2, 0.25) is 0 Å². The van der Waals surface area contributed by atoms with E-state index in [-0.39, 0.29) is 5.91 Å². The first-order chi connectivity index (χ1) is 11.3. The van der Waals surface area contributed by atoms with Crippen molar-refractivity contribution < 1.29 is 4.79 Å². The molecule has 0 atom stereocenters. The van der Waals surface area contributed by atoms with Gasteiger partial charge >= 0.3 is 0 Å². The maximum absolute atomic E-state index is 12.3. The first-order valence-corrected chi connectivity index (χ1v) is 7.54. The Balaban J connectivity index is 1.75. The molecular formula is C19H17N3O. The lowest BCUT2D eigenvalue weighted by molar-refractivity contribution is 0.102. The predicted molar refractivity (Wildman–Crippen MR) is 91.2 cm³/mol. The van der Waals surface area contributed by atoms with E-state index in [9.17, 15) is 4.79 Å². The van der Waals surface area contributed by atoms with Crippen molar-refractivity contribution in [1.82, 2.24) is 9.97 Å². The molecule has 4 heteroatoms. The van der Waals surface area contributed by atoms with Crippen molar-refractivity contribution in [2.45, 2.75) is 13.3 Å². The van der Waals surface area contributed by atoms with Gasteiger partial charge in [0, 0.05) is 23.5 Å². The van der Waals surface area contributed by atoms with E-state index in [2.05, 4.69) is 22.2 Å². The molecule has 3 aromatic rings.